The number of anilines is 1. The molecule has 2 rings (SSSR count). The molecule has 19 heavy (non-hydrogen) atoms. The van der Waals surface area contributed by atoms with E-state index in [1.54, 1.807) is 0 Å². The van der Waals surface area contributed by atoms with Crippen LogP contribution in [0.1, 0.15) is 0 Å². The molecule has 0 bridgehead atoms. The average molecular weight is 282 g/mol. The second kappa shape index (κ2) is 4.69. The molecule has 0 amide bonds. The van der Waals surface area contributed by atoms with Crippen molar-refractivity contribution in [3.8, 4) is 11.3 Å². The molecule has 2 heterocycles. The summed E-state index contributed by atoms with van der Waals surface area (Å²) in [6, 6.07) is 1.37. The summed E-state index contributed by atoms with van der Waals surface area (Å²) in [7, 11) is -3.84. The van der Waals surface area contributed by atoms with E-state index >= 15 is 0 Å². The van der Waals surface area contributed by atoms with Crippen LogP contribution in [-0.2, 0) is 10.1 Å². The van der Waals surface area contributed by atoms with Gasteiger partial charge in [0.25, 0.3) is 0 Å². The Kier molecular flexibility index (Phi) is 3.21. The molecule has 9 heteroatoms. The minimum absolute atomic E-state index is 0.160. The summed E-state index contributed by atoms with van der Waals surface area (Å²) in [5.74, 6) is 0. The van der Waals surface area contributed by atoms with Gasteiger partial charge in [0.2, 0.25) is 0 Å². The minimum Gasteiger partial charge on any atom is -0.394 e. The molecule has 0 unspecified atom stereocenters. The van der Waals surface area contributed by atoms with Crippen molar-refractivity contribution in [2.24, 2.45) is 0 Å². The highest BCUT2D eigenvalue weighted by atomic mass is 32.2. The lowest BCUT2D eigenvalue weighted by atomic mass is 10.2. The van der Waals surface area contributed by atoms with Crippen LogP contribution in [0, 0.1) is 0 Å². The molecule has 0 aliphatic heterocycles. The van der Waals surface area contributed by atoms with Crippen molar-refractivity contribution in [2.45, 2.75) is 0 Å². The molecule has 0 spiro atoms. The maximum atomic E-state index is 11.6. The normalized spacial score (nSPS) is 11.2. The van der Waals surface area contributed by atoms with Crippen LogP contribution in [0.5, 0.6) is 0 Å². The van der Waals surface area contributed by atoms with Gasteiger partial charge in [-0.3, -0.25) is 19.0 Å². The van der Waals surface area contributed by atoms with Crippen molar-refractivity contribution < 1.29 is 12.7 Å². The van der Waals surface area contributed by atoms with E-state index in [-0.39, 0.29) is 5.69 Å². The first kappa shape index (κ1) is 13.0. The Labute approximate surface area is 108 Å². The van der Waals surface area contributed by atoms with E-state index in [1.165, 1.54) is 30.9 Å². The SMILES string of the molecule is CS(=O)(=O)On1cc(-c2cnccn2)cc(N)c1=O. The van der Waals surface area contributed by atoms with Gasteiger partial charge in [-0.25, -0.2) is 0 Å². The number of nitrogen functional groups attached to an aromatic ring is 1. The van der Waals surface area contributed by atoms with Crippen LogP contribution in [-0.4, -0.2) is 29.4 Å². The Balaban J connectivity index is 2.58. The van der Waals surface area contributed by atoms with Crippen LogP contribution in [0.4, 0.5) is 5.69 Å². The summed E-state index contributed by atoms with van der Waals surface area (Å²) >= 11 is 0. The molecule has 2 aromatic rings. The Morgan fingerprint density at radius 3 is 2.68 bits per heavy atom. The largest absolute Gasteiger partial charge is 0.394 e. The molecule has 0 aromatic carbocycles. The van der Waals surface area contributed by atoms with Crippen LogP contribution in [0.25, 0.3) is 11.3 Å². The van der Waals surface area contributed by atoms with Crippen LogP contribution in [0.2, 0.25) is 0 Å². The van der Waals surface area contributed by atoms with Gasteiger partial charge >= 0.3 is 15.7 Å². The summed E-state index contributed by atoms with van der Waals surface area (Å²) in [5.41, 5.74) is 5.44. The molecule has 2 N–H and O–H groups in total. The van der Waals surface area contributed by atoms with E-state index < -0.39 is 15.7 Å². The zero-order chi connectivity index (χ0) is 14.0. The fourth-order valence-electron chi connectivity index (χ4n) is 1.37. The summed E-state index contributed by atoms with van der Waals surface area (Å²) < 4.78 is 27.2. The number of pyridine rings is 1. The Bertz CT molecular complexity index is 755. The molecule has 0 radical (unpaired) electrons. The average Bonchev–Trinajstić information content (AvgIpc) is 2.34. The first-order chi connectivity index (χ1) is 8.87. The molecule has 0 fully saturated rings. The summed E-state index contributed by atoms with van der Waals surface area (Å²) in [4.78, 5) is 19.5. The highest BCUT2D eigenvalue weighted by Gasteiger charge is 2.11. The fraction of sp³-hybridized carbons (Fsp3) is 0.100. The fourth-order valence-corrected chi connectivity index (χ4v) is 1.77. The lowest BCUT2D eigenvalue weighted by Crippen LogP contribution is -2.31. The highest BCUT2D eigenvalue weighted by Crippen LogP contribution is 2.15. The molecule has 0 saturated heterocycles. The zero-order valence-electron chi connectivity index (χ0n) is 9.85. The molecular formula is C10H10N4O4S. The van der Waals surface area contributed by atoms with Gasteiger partial charge < -0.3 is 5.73 Å². The quantitative estimate of drug-likeness (QED) is 0.789. The first-order valence-electron chi connectivity index (χ1n) is 5.05. The van der Waals surface area contributed by atoms with Gasteiger partial charge in [0.05, 0.1) is 24.3 Å². The van der Waals surface area contributed by atoms with Gasteiger partial charge in [0, 0.05) is 18.0 Å². The van der Waals surface area contributed by atoms with Crippen LogP contribution >= 0.6 is 0 Å². The third-order valence-corrected chi connectivity index (χ3v) is 2.52. The van der Waals surface area contributed by atoms with E-state index in [0.717, 1.165) is 6.26 Å². The molecule has 2 aromatic heterocycles. The van der Waals surface area contributed by atoms with Gasteiger partial charge in [0.1, 0.15) is 5.69 Å². The zero-order valence-corrected chi connectivity index (χ0v) is 10.7. The van der Waals surface area contributed by atoms with Gasteiger partial charge in [-0.15, -0.1) is 4.73 Å². The number of hydrogen-bond donors (Lipinski definition) is 1. The molecule has 0 saturated carbocycles. The van der Waals surface area contributed by atoms with Crippen molar-refractivity contribution >= 4 is 15.8 Å². The van der Waals surface area contributed by atoms with Gasteiger partial charge in [-0.1, -0.05) is 0 Å². The number of hydrogen-bond acceptors (Lipinski definition) is 7. The number of nitrogens with zero attached hydrogens (tertiary/aromatic N) is 3. The Hall–Kier alpha value is -2.42. The number of nitrogens with two attached hydrogens (primary N) is 1. The Morgan fingerprint density at radius 1 is 1.37 bits per heavy atom. The highest BCUT2D eigenvalue weighted by molar-refractivity contribution is 7.86. The summed E-state index contributed by atoms with van der Waals surface area (Å²) in [6.45, 7) is 0. The standard InChI is InChI=1S/C10H10N4O4S/c1-19(16,17)18-14-6-7(4-8(11)10(14)15)9-5-12-2-3-13-9/h2-6H,11H2,1H3. The second-order valence-electron chi connectivity index (χ2n) is 3.68. The molecule has 0 atom stereocenters. The topological polar surface area (TPSA) is 117 Å². The van der Waals surface area contributed by atoms with E-state index in [4.69, 9.17) is 5.73 Å². The number of aromatic nitrogens is 3. The van der Waals surface area contributed by atoms with Crippen molar-refractivity contribution in [3.63, 3.8) is 0 Å². The van der Waals surface area contributed by atoms with Crippen LogP contribution < -0.4 is 15.6 Å². The maximum Gasteiger partial charge on any atom is 0.324 e. The molecule has 0 aliphatic rings. The third kappa shape index (κ3) is 3.07. The lowest BCUT2D eigenvalue weighted by Gasteiger charge is -2.08. The van der Waals surface area contributed by atoms with Gasteiger partial charge in [-0.2, -0.15) is 8.42 Å². The second-order valence-corrected chi connectivity index (χ2v) is 5.24. The molecular weight excluding hydrogens is 272 g/mol. The number of rotatable bonds is 3. The Morgan fingerprint density at radius 2 is 2.11 bits per heavy atom. The molecule has 8 nitrogen and oxygen atoms in total. The van der Waals surface area contributed by atoms with E-state index in [2.05, 4.69) is 14.3 Å². The van der Waals surface area contributed by atoms with Crippen LogP contribution in [0.3, 0.4) is 0 Å². The van der Waals surface area contributed by atoms with Crippen molar-refractivity contribution in [1.29, 1.82) is 0 Å². The summed E-state index contributed by atoms with van der Waals surface area (Å²) in [5, 5.41) is 0. The van der Waals surface area contributed by atoms with Crippen LogP contribution in [0.15, 0.2) is 35.6 Å². The molecule has 100 valence electrons. The van der Waals surface area contributed by atoms with Gasteiger partial charge in [0.15, 0.2) is 0 Å². The lowest BCUT2D eigenvalue weighted by molar-refractivity contribution is 0.271. The monoisotopic (exact) mass is 282 g/mol. The predicted octanol–water partition coefficient (Wildman–Crippen LogP) is -0.724. The van der Waals surface area contributed by atoms with Crippen molar-refractivity contribution in [1.82, 2.24) is 14.7 Å². The third-order valence-electron chi connectivity index (χ3n) is 2.09. The van der Waals surface area contributed by atoms with E-state index in [0.29, 0.717) is 16.0 Å². The van der Waals surface area contributed by atoms with Crippen molar-refractivity contribution in [3.05, 3.63) is 41.2 Å². The summed E-state index contributed by atoms with van der Waals surface area (Å²) in [6.07, 6.45) is 6.40. The first-order valence-corrected chi connectivity index (χ1v) is 6.87. The maximum absolute atomic E-state index is 11.6. The minimum atomic E-state index is -3.84. The predicted molar refractivity (Wildman–Crippen MR) is 67.6 cm³/mol. The van der Waals surface area contributed by atoms with E-state index in [9.17, 15) is 13.2 Å². The van der Waals surface area contributed by atoms with Gasteiger partial charge in [-0.05, 0) is 6.07 Å². The molecule has 0 aliphatic carbocycles. The van der Waals surface area contributed by atoms with Crippen molar-refractivity contribution in [2.75, 3.05) is 12.0 Å². The smallest absolute Gasteiger partial charge is 0.324 e. The van der Waals surface area contributed by atoms with E-state index in [1.807, 2.05) is 0 Å².